The Morgan fingerprint density at radius 3 is 2.62 bits per heavy atom. The molecule has 1 aliphatic heterocycles. The molecule has 0 bridgehead atoms. The summed E-state index contributed by atoms with van der Waals surface area (Å²) in [5.74, 6) is 0.150. The van der Waals surface area contributed by atoms with Gasteiger partial charge in [0, 0.05) is 31.4 Å². The monoisotopic (exact) mass is 531 g/mol. The number of amides is 1. The van der Waals surface area contributed by atoms with Crippen molar-refractivity contribution in [2.75, 3.05) is 26.3 Å². The molecule has 1 aromatic heterocycles. The number of ether oxygens (including phenoxy) is 2. The highest BCUT2D eigenvalue weighted by atomic mass is 127. The highest BCUT2D eigenvalue weighted by Gasteiger charge is 2.28. The van der Waals surface area contributed by atoms with Crippen LogP contribution in [-0.2, 0) is 11.3 Å². The van der Waals surface area contributed by atoms with E-state index in [0.29, 0.717) is 25.3 Å². The number of rotatable bonds is 6. The minimum atomic E-state index is -4.41. The van der Waals surface area contributed by atoms with Gasteiger partial charge in [-0.3, -0.25) is 0 Å². The number of pyridine rings is 1. The number of aromatic nitrogens is 1. The zero-order chi connectivity index (χ0) is 20.6. The number of carbonyl (C=O) groups is 1. The van der Waals surface area contributed by atoms with Gasteiger partial charge in [-0.2, -0.15) is 13.2 Å². The lowest BCUT2D eigenvalue weighted by molar-refractivity contribution is -0.154. The van der Waals surface area contributed by atoms with E-state index in [2.05, 4.69) is 20.0 Å². The number of nitrogens with zero attached hydrogens (tertiary/aromatic N) is 3. The Bertz CT molecular complexity index is 665. The molecule has 0 aliphatic carbocycles. The van der Waals surface area contributed by atoms with Crippen LogP contribution < -0.4 is 15.8 Å². The molecule has 12 heteroatoms. The van der Waals surface area contributed by atoms with Crippen molar-refractivity contribution in [3.8, 4) is 5.88 Å². The molecule has 8 nitrogen and oxygen atoms in total. The zero-order valence-electron chi connectivity index (χ0n) is 15.9. The number of piperidine rings is 1. The normalized spacial score (nSPS) is 15.4. The van der Waals surface area contributed by atoms with Crippen LogP contribution in [0.5, 0.6) is 5.88 Å². The maximum Gasteiger partial charge on any atom is 0.422 e. The van der Waals surface area contributed by atoms with Gasteiger partial charge < -0.3 is 25.4 Å². The number of hydrogen-bond donors (Lipinski definition) is 2. The smallest absolute Gasteiger partial charge is 0.422 e. The first-order valence-electron chi connectivity index (χ1n) is 8.89. The van der Waals surface area contributed by atoms with Gasteiger partial charge in [-0.15, -0.1) is 24.0 Å². The quantitative estimate of drug-likeness (QED) is 0.333. The summed E-state index contributed by atoms with van der Waals surface area (Å²) in [6.07, 6.45) is -1.88. The van der Waals surface area contributed by atoms with E-state index in [1.165, 1.54) is 12.3 Å². The summed E-state index contributed by atoms with van der Waals surface area (Å²) < 4.78 is 45.8. The molecule has 0 aromatic carbocycles. The second-order valence-electron chi connectivity index (χ2n) is 6.21. The van der Waals surface area contributed by atoms with Crippen LogP contribution in [-0.4, -0.2) is 60.5 Å². The lowest BCUT2D eigenvalue weighted by Gasteiger charge is -2.31. The fraction of sp³-hybridized carbons (Fsp3) is 0.588. The number of nitrogens with one attached hydrogen (secondary N) is 1. The van der Waals surface area contributed by atoms with E-state index < -0.39 is 12.8 Å². The van der Waals surface area contributed by atoms with Gasteiger partial charge in [-0.25, -0.2) is 14.8 Å². The second-order valence-corrected chi connectivity index (χ2v) is 6.21. The number of aliphatic imine (C=N–C) groups is 1. The topological polar surface area (TPSA) is 102 Å². The van der Waals surface area contributed by atoms with Crippen molar-refractivity contribution in [1.82, 2.24) is 15.2 Å². The summed E-state index contributed by atoms with van der Waals surface area (Å²) in [4.78, 5) is 21.3. The number of alkyl halides is 3. The first kappa shape index (κ1) is 25.0. The average molecular weight is 531 g/mol. The van der Waals surface area contributed by atoms with Crippen LogP contribution in [0.25, 0.3) is 0 Å². The Hall–Kier alpha value is -1.99. The van der Waals surface area contributed by atoms with Crippen molar-refractivity contribution in [1.29, 1.82) is 0 Å². The van der Waals surface area contributed by atoms with Crippen molar-refractivity contribution >= 4 is 36.0 Å². The van der Waals surface area contributed by atoms with E-state index in [1.54, 1.807) is 17.9 Å². The number of hydrogen-bond acceptors (Lipinski definition) is 5. The van der Waals surface area contributed by atoms with Crippen molar-refractivity contribution in [3.05, 3.63) is 23.9 Å². The fourth-order valence-corrected chi connectivity index (χ4v) is 2.60. The second kappa shape index (κ2) is 11.9. The molecule has 0 radical (unpaired) electrons. The molecule has 164 valence electrons. The Labute approximate surface area is 184 Å². The number of halogens is 4. The first-order chi connectivity index (χ1) is 13.3. The van der Waals surface area contributed by atoms with E-state index in [1.807, 2.05) is 0 Å². The molecular formula is C17H25F3IN5O3. The molecule has 1 amide bonds. The van der Waals surface area contributed by atoms with Crippen molar-refractivity contribution < 1.29 is 27.4 Å². The molecule has 1 aromatic rings. The SMILES string of the molecule is CCOC(=O)N1CCC(NC(N)=NCc2ccc(OCC(F)(F)F)nc2)CC1.I. The molecule has 0 saturated carbocycles. The summed E-state index contributed by atoms with van der Waals surface area (Å²) in [5.41, 5.74) is 6.57. The fourth-order valence-electron chi connectivity index (χ4n) is 2.60. The molecule has 2 rings (SSSR count). The largest absolute Gasteiger partial charge is 0.468 e. The van der Waals surface area contributed by atoms with Gasteiger partial charge in [0.15, 0.2) is 12.6 Å². The Balaban J connectivity index is 0.00000420. The molecule has 1 aliphatic rings. The van der Waals surface area contributed by atoms with Gasteiger partial charge in [0.05, 0.1) is 13.2 Å². The molecule has 3 N–H and O–H groups in total. The van der Waals surface area contributed by atoms with Gasteiger partial charge >= 0.3 is 12.3 Å². The Kier molecular flexibility index (Phi) is 10.3. The van der Waals surface area contributed by atoms with E-state index in [0.717, 1.165) is 12.8 Å². The standard InChI is InChI=1S/C17H24F3N5O3.HI/c1-2-27-16(26)25-7-5-13(6-8-25)24-15(21)23-10-12-3-4-14(22-9-12)28-11-17(18,19)20;/h3-4,9,13H,2,5-8,10-11H2,1H3,(H3,21,23,24);1H. The Morgan fingerprint density at radius 2 is 2.07 bits per heavy atom. The summed E-state index contributed by atoms with van der Waals surface area (Å²) in [5, 5.41) is 3.11. The molecule has 2 heterocycles. The minimum Gasteiger partial charge on any atom is -0.468 e. The lowest BCUT2D eigenvalue weighted by Crippen LogP contribution is -2.48. The van der Waals surface area contributed by atoms with Gasteiger partial charge in [0.25, 0.3) is 0 Å². The van der Waals surface area contributed by atoms with Gasteiger partial charge in [-0.05, 0) is 25.3 Å². The molecule has 1 saturated heterocycles. The Morgan fingerprint density at radius 1 is 1.38 bits per heavy atom. The molecule has 0 atom stereocenters. The zero-order valence-corrected chi connectivity index (χ0v) is 18.3. The third-order valence-electron chi connectivity index (χ3n) is 3.99. The maximum atomic E-state index is 12.1. The maximum absolute atomic E-state index is 12.1. The van der Waals surface area contributed by atoms with Crippen LogP contribution in [0, 0.1) is 0 Å². The summed E-state index contributed by atoms with van der Waals surface area (Å²) in [6, 6.07) is 3.03. The predicted molar refractivity (Wildman–Crippen MR) is 111 cm³/mol. The average Bonchev–Trinajstić information content (AvgIpc) is 2.66. The van der Waals surface area contributed by atoms with Crippen LogP contribution in [0.1, 0.15) is 25.3 Å². The van der Waals surface area contributed by atoms with E-state index >= 15 is 0 Å². The molecule has 0 spiro atoms. The van der Waals surface area contributed by atoms with E-state index in [9.17, 15) is 18.0 Å². The van der Waals surface area contributed by atoms with E-state index in [4.69, 9.17) is 10.5 Å². The van der Waals surface area contributed by atoms with Gasteiger partial charge in [-0.1, -0.05) is 6.07 Å². The highest BCUT2D eigenvalue weighted by Crippen LogP contribution is 2.17. The van der Waals surface area contributed by atoms with Crippen LogP contribution >= 0.6 is 24.0 Å². The summed E-state index contributed by atoms with van der Waals surface area (Å²) in [6.45, 7) is 2.11. The molecule has 29 heavy (non-hydrogen) atoms. The summed E-state index contributed by atoms with van der Waals surface area (Å²) >= 11 is 0. The third kappa shape index (κ3) is 9.37. The number of guanidine groups is 1. The van der Waals surface area contributed by atoms with Gasteiger partial charge in [0.1, 0.15) is 0 Å². The van der Waals surface area contributed by atoms with Crippen molar-refractivity contribution in [2.45, 2.75) is 38.5 Å². The number of nitrogens with two attached hydrogens (primary N) is 1. The first-order valence-corrected chi connectivity index (χ1v) is 8.89. The third-order valence-corrected chi connectivity index (χ3v) is 3.99. The summed E-state index contributed by atoms with van der Waals surface area (Å²) in [7, 11) is 0. The van der Waals surface area contributed by atoms with Crippen LogP contribution in [0.2, 0.25) is 0 Å². The lowest BCUT2D eigenvalue weighted by atomic mass is 10.1. The number of likely N-dealkylation sites (tertiary alicyclic amines) is 1. The van der Waals surface area contributed by atoms with Crippen molar-refractivity contribution in [2.24, 2.45) is 10.7 Å². The van der Waals surface area contributed by atoms with Gasteiger partial charge in [0.2, 0.25) is 5.88 Å². The van der Waals surface area contributed by atoms with Crippen LogP contribution in [0.15, 0.2) is 23.3 Å². The highest BCUT2D eigenvalue weighted by molar-refractivity contribution is 14.0. The van der Waals surface area contributed by atoms with Crippen LogP contribution in [0.3, 0.4) is 0 Å². The minimum absolute atomic E-state index is 0. The molecule has 0 unspecified atom stereocenters. The number of carbonyl (C=O) groups excluding carboxylic acids is 1. The molecule has 1 fully saturated rings. The van der Waals surface area contributed by atoms with Crippen molar-refractivity contribution in [3.63, 3.8) is 0 Å². The molecular weight excluding hydrogens is 506 g/mol. The van der Waals surface area contributed by atoms with E-state index in [-0.39, 0.29) is 54.5 Å². The van der Waals surface area contributed by atoms with Crippen LogP contribution in [0.4, 0.5) is 18.0 Å². The predicted octanol–water partition coefficient (Wildman–Crippen LogP) is 2.67.